The lowest BCUT2D eigenvalue weighted by atomic mass is 10.1. The monoisotopic (exact) mass is 495 g/mol. The second-order valence-corrected chi connectivity index (χ2v) is 8.51. The summed E-state index contributed by atoms with van der Waals surface area (Å²) in [6.07, 6.45) is -1.64. The SMILES string of the molecule is O=C(O)CN1C(=O)S/C(=C/c2ccc3c(cnn3Cc3ccc(Cl)cc3C(F)(F)F)c2)C1=O. The first-order chi connectivity index (χ1) is 15.5. The number of benzene rings is 2. The number of amides is 2. The molecule has 0 saturated carbocycles. The summed E-state index contributed by atoms with van der Waals surface area (Å²) in [6.45, 7) is -0.860. The third-order valence-corrected chi connectivity index (χ3v) is 5.97. The predicted molar refractivity (Wildman–Crippen MR) is 116 cm³/mol. The van der Waals surface area contributed by atoms with Crippen molar-refractivity contribution in [2.45, 2.75) is 12.7 Å². The van der Waals surface area contributed by atoms with Crippen LogP contribution in [0.3, 0.4) is 0 Å². The number of aromatic nitrogens is 2. The topological polar surface area (TPSA) is 92.5 Å². The fraction of sp³-hybridized carbons (Fsp3) is 0.143. The van der Waals surface area contributed by atoms with Crippen LogP contribution in [0.5, 0.6) is 0 Å². The Morgan fingerprint density at radius 3 is 2.64 bits per heavy atom. The first-order valence-corrected chi connectivity index (χ1v) is 10.5. The molecule has 0 unspecified atom stereocenters. The Bertz CT molecular complexity index is 1340. The molecule has 3 aromatic rings. The normalized spacial score (nSPS) is 15.8. The zero-order valence-electron chi connectivity index (χ0n) is 16.5. The van der Waals surface area contributed by atoms with Crippen molar-refractivity contribution in [3.63, 3.8) is 0 Å². The predicted octanol–water partition coefficient (Wildman–Crippen LogP) is 4.88. The maximum absolute atomic E-state index is 13.4. The van der Waals surface area contributed by atoms with E-state index in [-0.39, 0.29) is 22.0 Å². The van der Waals surface area contributed by atoms with Gasteiger partial charge in [0, 0.05) is 10.4 Å². The van der Waals surface area contributed by atoms with Gasteiger partial charge in [-0.05, 0) is 53.2 Å². The molecule has 1 N–H and O–H groups in total. The summed E-state index contributed by atoms with van der Waals surface area (Å²) in [4.78, 5) is 35.7. The van der Waals surface area contributed by atoms with Gasteiger partial charge in [-0.25, -0.2) is 0 Å². The number of thioether (sulfide) groups is 1. The minimum Gasteiger partial charge on any atom is -0.480 e. The zero-order valence-corrected chi connectivity index (χ0v) is 18.0. The Morgan fingerprint density at radius 2 is 1.94 bits per heavy atom. The standard InChI is InChI=1S/C21H13ClF3N3O4S/c22-14-3-2-12(15(7-14)21(23,24)25)9-28-16-4-1-11(5-13(16)8-26-28)6-17-19(31)27(10-18(29)30)20(32)33-17/h1-8H,9-10H2,(H,29,30)/b17-6+. The van der Waals surface area contributed by atoms with E-state index in [2.05, 4.69) is 5.10 Å². The lowest BCUT2D eigenvalue weighted by Crippen LogP contribution is -2.33. The van der Waals surface area contributed by atoms with Gasteiger partial charge in [0.25, 0.3) is 11.1 Å². The van der Waals surface area contributed by atoms with E-state index in [4.69, 9.17) is 16.7 Å². The van der Waals surface area contributed by atoms with Gasteiger partial charge in [-0.1, -0.05) is 23.7 Å². The Hall–Kier alpha value is -3.31. The second-order valence-electron chi connectivity index (χ2n) is 7.08. The van der Waals surface area contributed by atoms with E-state index in [0.29, 0.717) is 33.1 Å². The fourth-order valence-corrected chi connectivity index (χ4v) is 4.37. The van der Waals surface area contributed by atoms with Gasteiger partial charge in [0.1, 0.15) is 6.54 Å². The molecule has 1 fully saturated rings. The molecule has 33 heavy (non-hydrogen) atoms. The minimum absolute atomic E-state index is 0.00748. The smallest absolute Gasteiger partial charge is 0.416 e. The van der Waals surface area contributed by atoms with Gasteiger partial charge in [-0.2, -0.15) is 18.3 Å². The summed E-state index contributed by atoms with van der Waals surface area (Å²) in [5, 5.41) is 12.9. The lowest BCUT2D eigenvalue weighted by molar-refractivity contribution is -0.140. The summed E-state index contributed by atoms with van der Waals surface area (Å²) < 4.78 is 41.6. The van der Waals surface area contributed by atoms with Crippen molar-refractivity contribution in [3.8, 4) is 0 Å². The highest BCUT2D eigenvalue weighted by Crippen LogP contribution is 2.35. The van der Waals surface area contributed by atoms with Crippen molar-refractivity contribution in [1.29, 1.82) is 0 Å². The molecule has 2 aromatic carbocycles. The highest BCUT2D eigenvalue weighted by molar-refractivity contribution is 8.18. The van der Waals surface area contributed by atoms with Gasteiger partial charge < -0.3 is 5.11 Å². The molecule has 2 amide bonds. The molecule has 2 heterocycles. The summed E-state index contributed by atoms with van der Waals surface area (Å²) in [6, 6.07) is 8.49. The van der Waals surface area contributed by atoms with Crippen molar-refractivity contribution in [1.82, 2.24) is 14.7 Å². The number of alkyl halides is 3. The third kappa shape index (κ3) is 4.74. The molecule has 170 valence electrons. The zero-order chi connectivity index (χ0) is 23.9. The lowest BCUT2D eigenvalue weighted by Gasteiger charge is -2.14. The summed E-state index contributed by atoms with van der Waals surface area (Å²) in [5.41, 5.74) is 0.278. The average molecular weight is 496 g/mol. The van der Waals surface area contributed by atoms with Gasteiger partial charge in [-0.3, -0.25) is 24.0 Å². The van der Waals surface area contributed by atoms with E-state index < -0.39 is 35.4 Å². The Labute approximate surface area is 193 Å². The molecular weight excluding hydrogens is 483 g/mol. The number of carbonyl (C=O) groups is 3. The number of aliphatic carboxylic acids is 1. The maximum atomic E-state index is 13.4. The third-order valence-electron chi connectivity index (χ3n) is 4.83. The molecule has 0 spiro atoms. The molecule has 1 aliphatic rings. The van der Waals surface area contributed by atoms with E-state index in [1.165, 1.54) is 29.1 Å². The van der Waals surface area contributed by atoms with E-state index in [9.17, 15) is 27.6 Å². The van der Waals surface area contributed by atoms with E-state index in [1.807, 2.05) is 0 Å². The number of carboxylic acid groups (broad SMARTS) is 1. The Balaban J connectivity index is 1.62. The number of carbonyl (C=O) groups excluding carboxylic acids is 2. The number of halogens is 4. The Kier molecular flexibility index (Phi) is 5.93. The molecule has 1 aromatic heterocycles. The molecule has 0 bridgehead atoms. The summed E-state index contributed by atoms with van der Waals surface area (Å²) in [5.74, 6) is -2.01. The van der Waals surface area contributed by atoms with Gasteiger partial charge >= 0.3 is 12.1 Å². The number of carboxylic acids is 1. The highest BCUT2D eigenvalue weighted by Gasteiger charge is 2.36. The number of fused-ring (bicyclic) bond motifs is 1. The van der Waals surface area contributed by atoms with Crippen LogP contribution in [0.15, 0.2) is 47.5 Å². The van der Waals surface area contributed by atoms with Crippen LogP contribution in [-0.4, -0.2) is 43.4 Å². The quantitative estimate of drug-likeness (QED) is 0.507. The van der Waals surface area contributed by atoms with Crippen LogP contribution in [0.4, 0.5) is 18.0 Å². The van der Waals surface area contributed by atoms with Gasteiger partial charge in [0.15, 0.2) is 0 Å². The number of rotatable bonds is 5. The molecule has 1 aliphatic heterocycles. The number of hydrogen-bond acceptors (Lipinski definition) is 5. The molecular formula is C21H13ClF3N3O4S. The van der Waals surface area contributed by atoms with Crippen LogP contribution in [0, 0.1) is 0 Å². The van der Waals surface area contributed by atoms with Gasteiger partial charge in [0.05, 0.1) is 28.7 Å². The first kappa shape index (κ1) is 22.9. The van der Waals surface area contributed by atoms with Crippen molar-refractivity contribution < 1.29 is 32.7 Å². The number of hydrogen-bond donors (Lipinski definition) is 1. The van der Waals surface area contributed by atoms with Crippen LogP contribution in [0.1, 0.15) is 16.7 Å². The van der Waals surface area contributed by atoms with Crippen LogP contribution in [0.2, 0.25) is 5.02 Å². The highest BCUT2D eigenvalue weighted by atomic mass is 35.5. The molecule has 7 nitrogen and oxygen atoms in total. The number of nitrogens with zero attached hydrogens (tertiary/aromatic N) is 3. The van der Waals surface area contributed by atoms with E-state index in [0.717, 1.165) is 6.07 Å². The molecule has 12 heteroatoms. The summed E-state index contributed by atoms with van der Waals surface area (Å²) >= 11 is 6.37. The van der Waals surface area contributed by atoms with Crippen molar-refractivity contribution >= 4 is 57.5 Å². The van der Waals surface area contributed by atoms with Crippen LogP contribution >= 0.6 is 23.4 Å². The van der Waals surface area contributed by atoms with Crippen molar-refractivity contribution in [2.24, 2.45) is 0 Å². The average Bonchev–Trinajstić information content (AvgIpc) is 3.24. The van der Waals surface area contributed by atoms with E-state index in [1.54, 1.807) is 18.2 Å². The van der Waals surface area contributed by atoms with Crippen LogP contribution in [-0.2, 0) is 22.3 Å². The van der Waals surface area contributed by atoms with Gasteiger partial charge in [0.2, 0.25) is 0 Å². The maximum Gasteiger partial charge on any atom is 0.416 e. The minimum atomic E-state index is -4.57. The van der Waals surface area contributed by atoms with E-state index >= 15 is 0 Å². The fourth-order valence-electron chi connectivity index (χ4n) is 3.36. The molecule has 1 saturated heterocycles. The second kappa shape index (κ2) is 8.56. The van der Waals surface area contributed by atoms with Gasteiger partial charge in [-0.15, -0.1) is 0 Å². The number of imide groups is 1. The van der Waals surface area contributed by atoms with Crippen molar-refractivity contribution in [3.05, 3.63) is 69.2 Å². The molecule has 0 radical (unpaired) electrons. The van der Waals surface area contributed by atoms with Crippen molar-refractivity contribution in [2.75, 3.05) is 6.54 Å². The summed E-state index contributed by atoms with van der Waals surface area (Å²) in [7, 11) is 0. The van der Waals surface area contributed by atoms with Crippen LogP contribution < -0.4 is 0 Å². The first-order valence-electron chi connectivity index (χ1n) is 9.31. The molecule has 0 atom stereocenters. The molecule has 0 aliphatic carbocycles. The largest absolute Gasteiger partial charge is 0.480 e. The molecule has 4 rings (SSSR count). The Morgan fingerprint density at radius 1 is 1.18 bits per heavy atom. The van der Waals surface area contributed by atoms with Crippen LogP contribution in [0.25, 0.3) is 17.0 Å².